The van der Waals surface area contributed by atoms with Crippen LogP contribution in [0.4, 0.5) is 0 Å². The molecule has 1 saturated carbocycles. The van der Waals surface area contributed by atoms with Crippen molar-refractivity contribution in [2.75, 3.05) is 7.11 Å². The van der Waals surface area contributed by atoms with Crippen LogP contribution in [-0.4, -0.2) is 25.2 Å². The summed E-state index contributed by atoms with van der Waals surface area (Å²) in [4.78, 5) is 12.4. The van der Waals surface area contributed by atoms with Gasteiger partial charge in [-0.2, -0.15) is 5.09 Å². The topological polar surface area (TPSA) is 73.9 Å². The highest BCUT2D eigenvalue weighted by molar-refractivity contribution is 7.52. The molecule has 0 radical (unpaired) electrons. The third-order valence-electron chi connectivity index (χ3n) is 4.75. The van der Waals surface area contributed by atoms with E-state index in [0.29, 0.717) is 5.75 Å². The molecular weight excluding hydrogens is 365 g/mol. The van der Waals surface area contributed by atoms with Gasteiger partial charge in [0.25, 0.3) is 0 Å². The van der Waals surface area contributed by atoms with Gasteiger partial charge in [0.2, 0.25) is 0 Å². The van der Waals surface area contributed by atoms with Crippen LogP contribution >= 0.6 is 7.75 Å². The van der Waals surface area contributed by atoms with E-state index in [0.717, 1.165) is 36.5 Å². The minimum Gasteiger partial charge on any atom is -0.461 e. The molecule has 2 atom stereocenters. The predicted octanol–water partition coefficient (Wildman–Crippen LogP) is 4.83. The first-order valence-electron chi connectivity index (χ1n) is 9.32. The van der Waals surface area contributed by atoms with Gasteiger partial charge in [0, 0.05) is 12.5 Å². The number of carbonyl (C=O) groups excluding carboxylic acids is 1. The maximum Gasteiger partial charge on any atom is 0.459 e. The maximum atomic E-state index is 13.0. The van der Waals surface area contributed by atoms with Crippen LogP contribution in [0, 0.1) is 0 Å². The Kier molecular flexibility index (Phi) is 6.53. The average Bonchev–Trinajstić information content (AvgIpc) is 2.69. The lowest BCUT2D eigenvalue weighted by molar-refractivity contribution is -0.152. The second-order valence-corrected chi connectivity index (χ2v) is 8.60. The summed E-state index contributed by atoms with van der Waals surface area (Å²) >= 11 is 0. The highest BCUT2D eigenvalue weighted by Gasteiger charge is 2.32. The van der Waals surface area contributed by atoms with E-state index in [-0.39, 0.29) is 6.10 Å². The van der Waals surface area contributed by atoms with E-state index in [1.807, 2.05) is 36.4 Å². The molecule has 27 heavy (non-hydrogen) atoms. The Balaban J connectivity index is 1.68. The zero-order valence-electron chi connectivity index (χ0n) is 15.7. The standard InChI is InChI=1S/C20H26NO5P/c1-15(20(22)25-17-11-4-3-5-12-17)21-27(23,24-2)26-19-14-8-10-16-9-6-7-13-18(16)19/h6-10,13-15,17H,3-5,11-12H2,1-2H3,(H,21,23)/t15-,27?/m0/s1. The van der Waals surface area contributed by atoms with Crippen LogP contribution < -0.4 is 9.61 Å². The summed E-state index contributed by atoms with van der Waals surface area (Å²) in [6, 6.07) is 12.3. The van der Waals surface area contributed by atoms with Crippen molar-refractivity contribution in [1.29, 1.82) is 0 Å². The zero-order chi connectivity index (χ0) is 19.3. The molecule has 0 bridgehead atoms. The lowest BCUT2D eigenvalue weighted by Gasteiger charge is -2.25. The van der Waals surface area contributed by atoms with Gasteiger partial charge in [-0.15, -0.1) is 0 Å². The quantitative estimate of drug-likeness (QED) is 0.538. The van der Waals surface area contributed by atoms with Gasteiger partial charge in [0.15, 0.2) is 0 Å². The van der Waals surface area contributed by atoms with Crippen LogP contribution in [0.3, 0.4) is 0 Å². The number of hydrogen-bond donors (Lipinski definition) is 1. The van der Waals surface area contributed by atoms with Crippen molar-refractivity contribution < 1.29 is 23.1 Å². The maximum absolute atomic E-state index is 13.0. The third kappa shape index (κ3) is 5.10. The second kappa shape index (κ2) is 8.87. The van der Waals surface area contributed by atoms with Crippen molar-refractivity contribution in [1.82, 2.24) is 5.09 Å². The van der Waals surface area contributed by atoms with Gasteiger partial charge < -0.3 is 9.26 Å². The lowest BCUT2D eigenvalue weighted by Crippen LogP contribution is -2.37. The molecule has 0 spiro atoms. The first-order chi connectivity index (χ1) is 13.0. The smallest absolute Gasteiger partial charge is 0.459 e. The van der Waals surface area contributed by atoms with Gasteiger partial charge in [-0.05, 0) is 44.1 Å². The molecule has 0 aliphatic heterocycles. The summed E-state index contributed by atoms with van der Waals surface area (Å²) in [7, 11) is -2.45. The number of fused-ring (bicyclic) bond motifs is 1. The first-order valence-corrected chi connectivity index (χ1v) is 10.9. The molecule has 7 heteroatoms. The Morgan fingerprint density at radius 2 is 1.81 bits per heavy atom. The van der Waals surface area contributed by atoms with Crippen LogP contribution in [0.1, 0.15) is 39.0 Å². The Morgan fingerprint density at radius 3 is 2.56 bits per heavy atom. The largest absolute Gasteiger partial charge is 0.461 e. The average molecular weight is 391 g/mol. The molecule has 1 fully saturated rings. The van der Waals surface area contributed by atoms with Crippen molar-refractivity contribution in [2.45, 2.75) is 51.2 Å². The molecule has 0 heterocycles. The van der Waals surface area contributed by atoms with Crippen molar-refractivity contribution in [3.63, 3.8) is 0 Å². The van der Waals surface area contributed by atoms with E-state index in [4.69, 9.17) is 13.8 Å². The molecule has 2 aromatic rings. The summed E-state index contributed by atoms with van der Waals surface area (Å²) in [6.45, 7) is 1.60. The third-order valence-corrected chi connectivity index (χ3v) is 6.37. The van der Waals surface area contributed by atoms with E-state index in [9.17, 15) is 9.36 Å². The van der Waals surface area contributed by atoms with Crippen molar-refractivity contribution >= 4 is 24.5 Å². The van der Waals surface area contributed by atoms with Crippen LogP contribution in [-0.2, 0) is 18.6 Å². The summed E-state index contributed by atoms with van der Waals surface area (Å²) in [5.41, 5.74) is 0. The molecule has 1 N–H and O–H groups in total. The van der Waals surface area contributed by atoms with E-state index in [1.54, 1.807) is 13.0 Å². The number of nitrogens with one attached hydrogen (secondary N) is 1. The fourth-order valence-electron chi connectivity index (χ4n) is 3.26. The van der Waals surface area contributed by atoms with Crippen molar-refractivity contribution in [2.24, 2.45) is 0 Å². The molecule has 2 aromatic carbocycles. The highest BCUT2D eigenvalue weighted by Crippen LogP contribution is 2.45. The van der Waals surface area contributed by atoms with Gasteiger partial charge in [-0.1, -0.05) is 42.8 Å². The summed E-state index contributed by atoms with van der Waals surface area (Å²) in [5, 5.41) is 4.46. The Hall–Kier alpha value is -1.88. The van der Waals surface area contributed by atoms with E-state index >= 15 is 0 Å². The molecule has 6 nitrogen and oxygen atoms in total. The van der Waals surface area contributed by atoms with Gasteiger partial charge >= 0.3 is 13.7 Å². The number of carbonyl (C=O) groups is 1. The Morgan fingerprint density at radius 1 is 1.11 bits per heavy atom. The van der Waals surface area contributed by atoms with Crippen LogP contribution in [0.5, 0.6) is 5.75 Å². The monoisotopic (exact) mass is 391 g/mol. The first kappa shape index (κ1) is 19.9. The Labute approximate surface area is 159 Å². The van der Waals surface area contributed by atoms with Gasteiger partial charge in [-0.3, -0.25) is 9.32 Å². The number of hydrogen-bond acceptors (Lipinski definition) is 5. The normalized spacial score (nSPS) is 18.6. The van der Waals surface area contributed by atoms with E-state index in [2.05, 4.69) is 5.09 Å². The van der Waals surface area contributed by atoms with Crippen molar-refractivity contribution in [3.05, 3.63) is 42.5 Å². The fourth-order valence-corrected chi connectivity index (χ4v) is 4.49. The predicted molar refractivity (Wildman–Crippen MR) is 105 cm³/mol. The lowest BCUT2D eigenvalue weighted by atomic mass is 9.98. The minimum atomic E-state index is -3.74. The number of rotatable bonds is 7. The van der Waals surface area contributed by atoms with Crippen molar-refractivity contribution in [3.8, 4) is 5.75 Å². The molecule has 146 valence electrons. The molecule has 1 aliphatic carbocycles. The second-order valence-electron chi connectivity index (χ2n) is 6.80. The molecule has 0 amide bonds. The van der Waals surface area contributed by atoms with Gasteiger partial charge in [0.1, 0.15) is 17.9 Å². The van der Waals surface area contributed by atoms with E-state index < -0.39 is 19.8 Å². The molecule has 1 aliphatic rings. The number of ether oxygens (including phenoxy) is 1. The molecular formula is C20H26NO5P. The molecule has 0 saturated heterocycles. The molecule has 1 unspecified atom stereocenters. The SMILES string of the molecule is COP(=O)(N[C@@H](C)C(=O)OC1CCCCC1)Oc1cccc2ccccc12. The fraction of sp³-hybridized carbons (Fsp3) is 0.450. The Bertz CT molecular complexity index is 829. The number of esters is 1. The van der Waals surface area contributed by atoms with Gasteiger partial charge in [-0.25, -0.2) is 4.57 Å². The molecule has 3 rings (SSSR count). The summed E-state index contributed by atoms with van der Waals surface area (Å²) < 4.78 is 29.4. The number of benzene rings is 2. The zero-order valence-corrected chi connectivity index (χ0v) is 16.6. The van der Waals surface area contributed by atoms with E-state index in [1.165, 1.54) is 13.5 Å². The highest BCUT2D eigenvalue weighted by atomic mass is 31.2. The molecule has 0 aromatic heterocycles. The van der Waals surface area contributed by atoms with Crippen LogP contribution in [0.2, 0.25) is 0 Å². The van der Waals surface area contributed by atoms with Crippen LogP contribution in [0.25, 0.3) is 10.8 Å². The van der Waals surface area contributed by atoms with Crippen LogP contribution in [0.15, 0.2) is 42.5 Å². The van der Waals surface area contributed by atoms with Gasteiger partial charge in [0.05, 0.1) is 0 Å². The summed E-state index contributed by atoms with van der Waals surface area (Å²) in [6.07, 6.45) is 5.02. The summed E-state index contributed by atoms with van der Waals surface area (Å²) in [5.74, 6) is -0.0145. The minimum absolute atomic E-state index is 0.0589.